The summed E-state index contributed by atoms with van der Waals surface area (Å²) in [5.74, 6) is -0.704. The average Bonchev–Trinajstić information content (AvgIpc) is 3.27. The van der Waals surface area contributed by atoms with Crippen molar-refractivity contribution >= 4 is 61.5 Å². The van der Waals surface area contributed by atoms with Crippen LogP contribution < -0.4 is 10.6 Å². The van der Waals surface area contributed by atoms with Gasteiger partial charge >= 0.3 is 5.97 Å². The zero-order valence-electron chi connectivity index (χ0n) is 18.0. The maximum Gasteiger partial charge on any atom is 0.341 e. The van der Waals surface area contributed by atoms with Crippen molar-refractivity contribution in [2.75, 3.05) is 12.4 Å². The van der Waals surface area contributed by atoms with E-state index in [1.54, 1.807) is 23.0 Å². The first-order valence-corrected chi connectivity index (χ1v) is 12.6. The molecule has 0 spiro atoms. The van der Waals surface area contributed by atoms with Crippen molar-refractivity contribution in [3.05, 3.63) is 68.3 Å². The van der Waals surface area contributed by atoms with Crippen molar-refractivity contribution < 1.29 is 14.3 Å². The smallest absolute Gasteiger partial charge is 0.341 e. The van der Waals surface area contributed by atoms with Gasteiger partial charge in [0, 0.05) is 16.6 Å². The van der Waals surface area contributed by atoms with Crippen LogP contribution in [0.2, 0.25) is 0 Å². The van der Waals surface area contributed by atoms with E-state index < -0.39 is 0 Å². The van der Waals surface area contributed by atoms with Gasteiger partial charge < -0.3 is 10.1 Å². The van der Waals surface area contributed by atoms with Gasteiger partial charge in [-0.15, -0.1) is 11.3 Å². The molecule has 0 fully saturated rings. The molecule has 2 N–H and O–H groups in total. The minimum Gasteiger partial charge on any atom is -0.465 e. The SMILES string of the molecule is COC(=O)c1c(NC(=S)NC(=O)c2ccc(Cn3cc(Br)cn3)cc2)sc2c1CCCCC2. The van der Waals surface area contributed by atoms with Gasteiger partial charge in [-0.3, -0.25) is 14.8 Å². The number of benzene rings is 1. The fourth-order valence-corrected chi connectivity index (χ4v) is 5.70. The molecule has 0 unspecified atom stereocenters. The lowest BCUT2D eigenvalue weighted by atomic mass is 10.1. The van der Waals surface area contributed by atoms with Crippen LogP contribution in [-0.2, 0) is 24.1 Å². The lowest BCUT2D eigenvalue weighted by Crippen LogP contribution is -2.34. The van der Waals surface area contributed by atoms with Gasteiger partial charge in [0.2, 0.25) is 0 Å². The molecule has 2 heterocycles. The number of hydrogen-bond donors (Lipinski definition) is 2. The number of carbonyl (C=O) groups excluding carboxylic acids is 2. The highest BCUT2D eigenvalue weighted by Crippen LogP contribution is 2.37. The number of thiocarbonyl (C=S) groups is 1. The Balaban J connectivity index is 1.42. The highest BCUT2D eigenvalue weighted by atomic mass is 79.9. The van der Waals surface area contributed by atoms with Gasteiger partial charge in [-0.1, -0.05) is 18.6 Å². The number of nitrogens with one attached hydrogen (secondary N) is 2. The van der Waals surface area contributed by atoms with Crippen LogP contribution in [0.3, 0.4) is 0 Å². The van der Waals surface area contributed by atoms with Gasteiger partial charge in [-0.2, -0.15) is 5.10 Å². The zero-order valence-corrected chi connectivity index (χ0v) is 21.2. The van der Waals surface area contributed by atoms with E-state index >= 15 is 0 Å². The van der Waals surface area contributed by atoms with E-state index in [0.717, 1.165) is 47.7 Å². The Kier molecular flexibility index (Phi) is 7.56. The monoisotopic (exact) mass is 546 g/mol. The van der Waals surface area contributed by atoms with Gasteiger partial charge in [-0.05, 0) is 77.1 Å². The van der Waals surface area contributed by atoms with E-state index in [0.29, 0.717) is 22.7 Å². The van der Waals surface area contributed by atoms with E-state index in [-0.39, 0.29) is 17.0 Å². The van der Waals surface area contributed by atoms with Gasteiger partial charge in [-0.25, -0.2) is 4.79 Å². The minimum atomic E-state index is -0.383. The lowest BCUT2D eigenvalue weighted by molar-refractivity contribution is 0.0601. The van der Waals surface area contributed by atoms with E-state index in [1.165, 1.54) is 23.3 Å². The summed E-state index contributed by atoms with van der Waals surface area (Å²) in [7, 11) is 1.38. The normalized spacial score (nSPS) is 13.0. The average molecular weight is 548 g/mol. The summed E-state index contributed by atoms with van der Waals surface area (Å²) in [5, 5.41) is 10.8. The molecule has 1 amide bonds. The fourth-order valence-electron chi connectivity index (χ4n) is 3.83. The highest BCUT2D eigenvalue weighted by Gasteiger charge is 2.26. The van der Waals surface area contributed by atoms with Crippen LogP contribution in [0.4, 0.5) is 5.00 Å². The van der Waals surface area contributed by atoms with Crippen LogP contribution in [0.1, 0.15) is 56.0 Å². The van der Waals surface area contributed by atoms with Gasteiger partial charge in [0.25, 0.3) is 5.91 Å². The zero-order chi connectivity index (χ0) is 23.4. The summed E-state index contributed by atoms with van der Waals surface area (Å²) in [6.07, 6.45) is 8.69. The number of thiophene rings is 1. The second kappa shape index (κ2) is 10.6. The van der Waals surface area contributed by atoms with Crippen LogP contribution in [0.25, 0.3) is 0 Å². The summed E-state index contributed by atoms with van der Waals surface area (Å²) in [5.41, 5.74) is 3.08. The van der Waals surface area contributed by atoms with Crippen molar-refractivity contribution in [2.45, 2.75) is 38.6 Å². The molecule has 0 saturated heterocycles. The van der Waals surface area contributed by atoms with Crippen molar-refractivity contribution in [3.63, 3.8) is 0 Å². The molecule has 0 saturated carbocycles. The number of carbonyl (C=O) groups is 2. The topological polar surface area (TPSA) is 85.3 Å². The number of fused-ring (bicyclic) bond motifs is 1. The standard InChI is InChI=1S/C23H23BrN4O3S2/c1-31-22(30)19-17-5-3-2-4-6-18(17)33-21(19)27-23(32)26-20(29)15-9-7-14(8-10-15)12-28-13-16(24)11-25-28/h7-11,13H,2-6,12H2,1H3,(H2,26,27,29,32). The molecule has 7 nitrogen and oxygen atoms in total. The summed E-state index contributed by atoms with van der Waals surface area (Å²) < 4.78 is 7.74. The molecule has 4 rings (SSSR count). The molecule has 3 aromatic rings. The number of anilines is 1. The maximum absolute atomic E-state index is 12.7. The Morgan fingerprint density at radius 3 is 2.67 bits per heavy atom. The van der Waals surface area contributed by atoms with E-state index in [4.69, 9.17) is 17.0 Å². The van der Waals surface area contributed by atoms with Crippen LogP contribution >= 0.6 is 39.5 Å². The van der Waals surface area contributed by atoms with Crippen molar-refractivity contribution in [1.82, 2.24) is 15.1 Å². The predicted molar refractivity (Wildman–Crippen MR) is 136 cm³/mol. The van der Waals surface area contributed by atoms with Gasteiger partial charge in [0.15, 0.2) is 5.11 Å². The first-order valence-electron chi connectivity index (χ1n) is 10.6. The number of aromatic nitrogens is 2. The van der Waals surface area contributed by atoms with Crippen LogP contribution in [0.15, 0.2) is 41.1 Å². The third-order valence-corrected chi connectivity index (χ3v) is 7.25. The van der Waals surface area contributed by atoms with Crippen molar-refractivity contribution in [3.8, 4) is 0 Å². The summed E-state index contributed by atoms with van der Waals surface area (Å²) >= 11 is 10.3. The van der Waals surface area contributed by atoms with Gasteiger partial charge in [0.05, 0.1) is 29.9 Å². The second-order valence-electron chi connectivity index (χ2n) is 7.72. The summed E-state index contributed by atoms with van der Waals surface area (Å²) in [4.78, 5) is 26.3. The molecule has 1 aliphatic carbocycles. The number of rotatable bonds is 5. The Labute approximate surface area is 209 Å². The Hall–Kier alpha value is -2.56. The Bertz CT molecular complexity index is 1190. The van der Waals surface area contributed by atoms with Crippen LogP contribution in [0.5, 0.6) is 0 Å². The highest BCUT2D eigenvalue weighted by molar-refractivity contribution is 9.10. The summed E-state index contributed by atoms with van der Waals surface area (Å²) in [6.45, 7) is 0.604. The van der Waals surface area contributed by atoms with E-state index in [1.807, 2.05) is 18.3 Å². The molecule has 1 aromatic carbocycles. The number of amides is 1. The Morgan fingerprint density at radius 1 is 1.21 bits per heavy atom. The molecular formula is C23H23BrN4O3S2. The number of aryl methyl sites for hydroxylation is 1. The molecular weight excluding hydrogens is 524 g/mol. The third-order valence-electron chi connectivity index (χ3n) is 5.43. The molecule has 0 atom stereocenters. The molecule has 2 aromatic heterocycles. The van der Waals surface area contributed by atoms with E-state index in [2.05, 4.69) is 31.7 Å². The predicted octanol–water partition coefficient (Wildman–Crippen LogP) is 4.94. The molecule has 172 valence electrons. The van der Waals surface area contributed by atoms with Crippen LogP contribution in [-0.4, -0.2) is 33.9 Å². The first-order chi connectivity index (χ1) is 15.9. The molecule has 0 bridgehead atoms. The van der Waals surface area contributed by atoms with Crippen molar-refractivity contribution in [2.24, 2.45) is 0 Å². The maximum atomic E-state index is 12.7. The number of methoxy groups -OCH3 is 1. The number of hydrogen-bond acceptors (Lipinski definition) is 6. The van der Waals surface area contributed by atoms with E-state index in [9.17, 15) is 9.59 Å². The molecule has 0 radical (unpaired) electrons. The molecule has 33 heavy (non-hydrogen) atoms. The third kappa shape index (κ3) is 5.69. The fraction of sp³-hybridized carbons (Fsp3) is 0.304. The lowest BCUT2D eigenvalue weighted by Gasteiger charge is -2.11. The molecule has 0 aliphatic heterocycles. The van der Waals surface area contributed by atoms with Crippen molar-refractivity contribution in [1.29, 1.82) is 0 Å². The number of halogens is 1. The van der Waals surface area contributed by atoms with Crippen LogP contribution in [0, 0.1) is 0 Å². The van der Waals surface area contributed by atoms with Gasteiger partial charge in [0.1, 0.15) is 5.00 Å². The molecule has 10 heteroatoms. The quantitative estimate of drug-likeness (QED) is 0.268. The largest absolute Gasteiger partial charge is 0.465 e. The first kappa shape index (κ1) is 23.6. The number of nitrogens with zero attached hydrogens (tertiary/aromatic N) is 2. The second-order valence-corrected chi connectivity index (χ2v) is 10.2. The number of ether oxygens (including phenoxy) is 1. The Morgan fingerprint density at radius 2 is 1.97 bits per heavy atom. The summed E-state index contributed by atoms with van der Waals surface area (Å²) in [6, 6.07) is 7.26. The number of esters is 1. The minimum absolute atomic E-state index is 0.145. The molecule has 1 aliphatic rings.